The van der Waals surface area contributed by atoms with Crippen molar-refractivity contribution in [2.45, 2.75) is 26.7 Å². The van der Waals surface area contributed by atoms with Crippen LogP contribution in [0.5, 0.6) is 0 Å². The largest absolute Gasteiger partial charge is 0.355 e. The van der Waals surface area contributed by atoms with Gasteiger partial charge in [0.1, 0.15) is 0 Å². The van der Waals surface area contributed by atoms with Gasteiger partial charge in [-0.1, -0.05) is 13.8 Å². The first kappa shape index (κ1) is 13.6. The fourth-order valence-corrected chi connectivity index (χ4v) is 3.29. The van der Waals surface area contributed by atoms with Crippen LogP contribution in [0.2, 0.25) is 0 Å². The minimum Gasteiger partial charge on any atom is -0.355 e. The van der Waals surface area contributed by atoms with Gasteiger partial charge in [-0.3, -0.25) is 4.79 Å². The van der Waals surface area contributed by atoms with E-state index in [9.17, 15) is 4.79 Å². The van der Waals surface area contributed by atoms with Crippen molar-refractivity contribution in [2.24, 2.45) is 11.3 Å². The molecule has 2 N–H and O–H groups in total. The summed E-state index contributed by atoms with van der Waals surface area (Å²) in [5.41, 5.74) is 1.11. The van der Waals surface area contributed by atoms with Crippen molar-refractivity contribution < 1.29 is 4.79 Å². The third kappa shape index (κ3) is 2.75. The minimum atomic E-state index is -0.200. The molecule has 0 saturated carbocycles. The van der Waals surface area contributed by atoms with E-state index in [1.54, 1.807) is 11.3 Å². The average molecular weight is 266 g/mol. The lowest BCUT2D eigenvalue weighted by molar-refractivity contribution is -0.132. The van der Waals surface area contributed by atoms with Crippen molar-refractivity contribution in [1.29, 1.82) is 0 Å². The number of hydrogen-bond acceptors (Lipinski definition) is 3. The molecule has 1 fully saturated rings. The molecule has 18 heavy (non-hydrogen) atoms. The normalized spacial score (nSPS) is 23.5. The standard InChI is InChI=1S/C14H22N2OS/c1-11(2)14(5-7-15-10-14)13(17)16-6-3-12-4-8-18-9-12/h4,8-9,11,15H,3,5-7,10H2,1-2H3,(H,16,17). The number of carbonyl (C=O) groups is 1. The van der Waals surface area contributed by atoms with E-state index in [0.29, 0.717) is 5.92 Å². The number of carbonyl (C=O) groups excluding carboxylic acids is 1. The van der Waals surface area contributed by atoms with Crippen LogP contribution in [-0.4, -0.2) is 25.5 Å². The molecular weight excluding hydrogens is 244 g/mol. The molecule has 2 rings (SSSR count). The summed E-state index contributed by atoms with van der Waals surface area (Å²) in [6, 6.07) is 2.12. The van der Waals surface area contributed by atoms with E-state index in [1.807, 2.05) is 0 Å². The SMILES string of the molecule is CC(C)C1(C(=O)NCCc2ccsc2)CCNC1. The predicted octanol–water partition coefficient (Wildman–Crippen LogP) is 2.04. The second kappa shape index (κ2) is 5.85. The Balaban J connectivity index is 1.86. The van der Waals surface area contributed by atoms with Gasteiger partial charge in [0.05, 0.1) is 5.41 Å². The molecule has 1 aromatic heterocycles. The molecule has 2 heterocycles. The first-order valence-electron chi connectivity index (χ1n) is 6.65. The maximum Gasteiger partial charge on any atom is 0.227 e. The summed E-state index contributed by atoms with van der Waals surface area (Å²) in [4.78, 5) is 12.4. The number of rotatable bonds is 5. The van der Waals surface area contributed by atoms with Crippen LogP contribution >= 0.6 is 11.3 Å². The molecule has 3 nitrogen and oxygen atoms in total. The van der Waals surface area contributed by atoms with Gasteiger partial charge in [-0.05, 0) is 47.7 Å². The number of hydrogen-bond donors (Lipinski definition) is 2. The zero-order valence-corrected chi connectivity index (χ0v) is 12.0. The Hall–Kier alpha value is -0.870. The van der Waals surface area contributed by atoms with Crippen LogP contribution in [0, 0.1) is 11.3 Å². The van der Waals surface area contributed by atoms with E-state index in [-0.39, 0.29) is 11.3 Å². The van der Waals surface area contributed by atoms with Crippen LogP contribution < -0.4 is 10.6 Å². The third-order valence-corrected chi connectivity index (χ3v) is 4.76. The fraction of sp³-hybridized carbons (Fsp3) is 0.643. The molecule has 0 bridgehead atoms. The summed E-state index contributed by atoms with van der Waals surface area (Å²) in [6.45, 7) is 6.80. The zero-order chi connectivity index (χ0) is 13.0. The van der Waals surface area contributed by atoms with Gasteiger partial charge in [0, 0.05) is 13.1 Å². The summed E-state index contributed by atoms with van der Waals surface area (Å²) in [5.74, 6) is 0.603. The molecule has 0 aromatic carbocycles. The van der Waals surface area contributed by atoms with E-state index in [1.165, 1.54) is 5.56 Å². The summed E-state index contributed by atoms with van der Waals surface area (Å²) in [6.07, 6.45) is 1.88. The second-order valence-electron chi connectivity index (χ2n) is 5.38. The molecule has 4 heteroatoms. The molecule has 1 aliphatic rings. The van der Waals surface area contributed by atoms with Crippen molar-refractivity contribution in [3.05, 3.63) is 22.4 Å². The Labute approximate surface area is 113 Å². The summed E-state index contributed by atoms with van der Waals surface area (Å²) in [7, 11) is 0. The van der Waals surface area contributed by atoms with Gasteiger partial charge >= 0.3 is 0 Å². The van der Waals surface area contributed by atoms with Crippen LogP contribution in [-0.2, 0) is 11.2 Å². The Morgan fingerprint density at radius 1 is 1.61 bits per heavy atom. The lowest BCUT2D eigenvalue weighted by Gasteiger charge is -2.31. The Morgan fingerprint density at radius 2 is 2.44 bits per heavy atom. The molecule has 1 amide bonds. The van der Waals surface area contributed by atoms with Crippen molar-refractivity contribution in [1.82, 2.24) is 10.6 Å². The van der Waals surface area contributed by atoms with Crippen LogP contribution in [0.25, 0.3) is 0 Å². The maximum absolute atomic E-state index is 12.4. The van der Waals surface area contributed by atoms with Gasteiger partial charge in [-0.25, -0.2) is 0 Å². The van der Waals surface area contributed by atoms with Crippen LogP contribution in [0.15, 0.2) is 16.8 Å². The molecule has 0 aliphatic carbocycles. The Kier molecular flexibility index (Phi) is 4.40. The van der Waals surface area contributed by atoms with E-state index < -0.39 is 0 Å². The molecule has 0 spiro atoms. The summed E-state index contributed by atoms with van der Waals surface area (Å²) < 4.78 is 0. The van der Waals surface area contributed by atoms with Gasteiger partial charge in [0.15, 0.2) is 0 Å². The maximum atomic E-state index is 12.4. The molecule has 0 radical (unpaired) electrons. The molecular formula is C14H22N2OS. The Bertz CT molecular complexity index is 381. The highest BCUT2D eigenvalue weighted by Crippen LogP contribution is 2.34. The average Bonchev–Trinajstić information content (AvgIpc) is 3.00. The van der Waals surface area contributed by atoms with Gasteiger partial charge in [0.2, 0.25) is 5.91 Å². The quantitative estimate of drug-likeness (QED) is 0.856. The van der Waals surface area contributed by atoms with E-state index in [2.05, 4.69) is 41.3 Å². The topological polar surface area (TPSA) is 41.1 Å². The number of nitrogens with one attached hydrogen (secondary N) is 2. The molecule has 100 valence electrons. The van der Waals surface area contributed by atoms with Crippen LogP contribution in [0.1, 0.15) is 25.8 Å². The number of amides is 1. The Morgan fingerprint density at radius 3 is 3.00 bits per heavy atom. The smallest absolute Gasteiger partial charge is 0.227 e. The van der Waals surface area contributed by atoms with Crippen molar-refractivity contribution in [2.75, 3.05) is 19.6 Å². The van der Waals surface area contributed by atoms with Crippen LogP contribution in [0.4, 0.5) is 0 Å². The predicted molar refractivity (Wildman–Crippen MR) is 75.8 cm³/mol. The van der Waals surface area contributed by atoms with Gasteiger partial charge in [0.25, 0.3) is 0 Å². The highest BCUT2D eigenvalue weighted by Gasteiger charge is 2.43. The first-order valence-corrected chi connectivity index (χ1v) is 7.59. The van der Waals surface area contributed by atoms with Gasteiger partial charge in [-0.15, -0.1) is 0 Å². The molecule has 1 atom stereocenters. The molecule has 1 aliphatic heterocycles. The fourth-order valence-electron chi connectivity index (χ4n) is 2.59. The third-order valence-electron chi connectivity index (χ3n) is 4.03. The lowest BCUT2D eigenvalue weighted by Crippen LogP contribution is -2.46. The number of thiophene rings is 1. The monoisotopic (exact) mass is 266 g/mol. The zero-order valence-electron chi connectivity index (χ0n) is 11.2. The second-order valence-corrected chi connectivity index (χ2v) is 6.16. The highest BCUT2D eigenvalue weighted by molar-refractivity contribution is 7.07. The van der Waals surface area contributed by atoms with Crippen molar-refractivity contribution >= 4 is 17.2 Å². The van der Waals surface area contributed by atoms with E-state index >= 15 is 0 Å². The highest BCUT2D eigenvalue weighted by atomic mass is 32.1. The molecule has 1 unspecified atom stereocenters. The molecule has 1 saturated heterocycles. The van der Waals surface area contributed by atoms with Crippen molar-refractivity contribution in [3.8, 4) is 0 Å². The minimum absolute atomic E-state index is 0.200. The van der Waals surface area contributed by atoms with E-state index in [4.69, 9.17) is 0 Å². The lowest BCUT2D eigenvalue weighted by atomic mass is 9.75. The van der Waals surface area contributed by atoms with E-state index in [0.717, 1.165) is 32.5 Å². The summed E-state index contributed by atoms with van der Waals surface area (Å²) in [5, 5.41) is 10.6. The first-order chi connectivity index (χ1) is 8.65. The molecule has 1 aromatic rings. The van der Waals surface area contributed by atoms with Gasteiger partial charge in [-0.2, -0.15) is 11.3 Å². The van der Waals surface area contributed by atoms with Gasteiger partial charge < -0.3 is 10.6 Å². The van der Waals surface area contributed by atoms with Crippen molar-refractivity contribution in [3.63, 3.8) is 0 Å². The van der Waals surface area contributed by atoms with Crippen LogP contribution in [0.3, 0.4) is 0 Å². The summed E-state index contributed by atoms with van der Waals surface area (Å²) >= 11 is 1.71.